The number of thiophene rings is 1. The Balaban J connectivity index is 2.06. The van der Waals surface area contributed by atoms with Crippen molar-refractivity contribution in [3.8, 4) is 0 Å². The van der Waals surface area contributed by atoms with E-state index in [4.69, 9.17) is 0 Å². The Morgan fingerprint density at radius 2 is 2.05 bits per heavy atom. The van der Waals surface area contributed by atoms with Gasteiger partial charge in [0.25, 0.3) is 0 Å². The molecule has 0 aromatic carbocycles. The molecule has 2 nitrogen and oxygen atoms in total. The molecule has 1 saturated heterocycles. The van der Waals surface area contributed by atoms with Crippen molar-refractivity contribution in [1.29, 1.82) is 0 Å². The zero-order valence-corrected chi connectivity index (χ0v) is 13.4. The fourth-order valence-corrected chi connectivity index (χ4v) is 3.89. The summed E-state index contributed by atoms with van der Waals surface area (Å²) in [6, 6.07) is 4.97. The van der Waals surface area contributed by atoms with Gasteiger partial charge in [0, 0.05) is 16.5 Å². The van der Waals surface area contributed by atoms with Crippen LogP contribution in [0.2, 0.25) is 0 Å². The molecule has 0 aliphatic carbocycles. The SMILES string of the molecule is CCNC(Cc1cccs1)C(C)(C)N1CCCCC1. The highest BCUT2D eigenvalue weighted by atomic mass is 32.1. The van der Waals surface area contributed by atoms with E-state index in [9.17, 15) is 0 Å². The molecule has 1 atom stereocenters. The minimum Gasteiger partial charge on any atom is -0.312 e. The van der Waals surface area contributed by atoms with Gasteiger partial charge < -0.3 is 5.32 Å². The van der Waals surface area contributed by atoms with Gasteiger partial charge in [-0.2, -0.15) is 0 Å². The number of hydrogen-bond donors (Lipinski definition) is 1. The fraction of sp³-hybridized carbons (Fsp3) is 0.750. The minimum atomic E-state index is 0.237. The molecular weight excluding hydrogens is 252 g/mol. The molecule has 1 aromatic heterocycles. The first kappa shape index (κ1) is 15.0. The van der Waals surface area contributed by atoms with Crippen molar-refractivity contribution >= 4 is 11.3 Å². The van der Waals surface area contributed by atoms with Gasteiger partial charge in [-0.25, -0.2) is 0 Å². The first-order chi connectivity index (χ1) is 9.14. The van der Waals surface area contributed by atoms with Crippen LogP contribution in [0.3, 0.4) is 0 Å². The molecule has 1 N–H and O–H groups in total. The van der Waals surface area contributed by atoms with Crippen LogP contribution >= 0.6 is 11.3 Å². The lowest BCUT2D eigenvalue weighted by Gasteiger charge is -2.46. The maximum absolute atomic E-state index is 3.72. The lowest BCUT2D eigenvalue weighted by molar-refractivity contribution is 0.0618. The molecule has 19 heavy (non-hydrogen) atoms. The molecule has 0 radical (unpaired) electrons. The van der Waals surface area contributed by atoms with E-state index in [-0.39, 0.29) is 5.54 Å². The average Bonchev–Trinajstić information content (AvgIpc) is 2.92. The van der Waals surface area contributed by atoms with Crippen molar-refractivity contribution in [1.82, 2.24) is 10.2 Å². The Kier molecular flexibility index (Phi) is 5.43. The molecule has 0 bridgehead atoms. The third-order valence-electron chi connectivity index (χ3n) is 4.46. The van der Waals surface area contributed by atoms with Gasteiger partial charge in [0.1, 0.15) is 0 Å². The molecule has 2 rings (SSSR count). The number of rotatable bonds is 6. The van der Waals surface area contributed by atoms with Crippen molar-refractivity contribution in [3.05, 3.63) is 22.4 Å². The zero-order chi connectivity index (χ0) is 13.7. The summed E-state index contributed by atoms with van der Waals surface area (Å²) in [5.41, 5.74) is 0.237. The van der Waals surface area contributed by atoms with E-state index in [1.807, 2.05) is 11.3 Å². The van der Waals surface area contributed by atoms with E-state index >= 15 is 0 Å². The highest BCUT2D eigenvalue weighted by Gasteiger charge is 2.35. The van der Waals surface area contributed by atoms with Gasteiger partial charge in [-0.15, -0.1) is 11.3 Å². The summed E-state index contributed by atoms with van der Waals surface area (Å²) in [6.45, 7) is 10.6. The van der Waals surface area contributed by atoms with E-state index in [0.29, 0.717) is 6.04 Å². The van der Waals surface area contributed by atoms with Crippen molar-refractivity contribution in [3.63, 3.8) is 0 Å². The predicted molar refractivity (Wildman–Crippen MR) is 85.0 cm³/mol. The lowest BCUT2D eigenvalue weighted by atomic mass is 9.87. The number of nitrogens with zero attached hydrogens (tertiary/aromatic N) is 1. The first-order valence-electron chi connectivity index (χ1n) is 7.65. The van der Waals surface area contributed by atoms with Gasteiger partial charge >= 0.3 is 0 Å². The predicted octanol–water partition coefficient (Wildman–Crippen LogP) is 3.53. The molecule has 1 aliphatic rings. The van der Waals surface area contributed by atoms with E-state index in [2.05, 4.69) is 48.5 Å². The quantitative estimate of drug-likeness (QED) is 0.857. The van der Waals surface area contributed by atoms with Gasteiger partial charge in [-0.3, -0.25) is 4.90 Å². The second kappa shape index (κ2) is 6.87. The molecule has 0 amide bonds. The van der Waals surface area contributed by atoms with E-state index in [0.717, 1.165) is 13.0 Å². The molecule has 1 unspecified atom stereocenters. The summed E-state index contributed by atoms with van der Waals surface area (Å²) in [7, 11) is 0. The van der Waals surface area contributed by atoms with Crippen LogP contribution in [-0.4, -0.2) is 36.1 Å². The molecule has 2 heterocycles. The maximum atomic E-state index is 3.72. The van der Waals surface area contributed by atoms with Crippen LogP contribution in [-0.2, 0) is 6.42 Å². The molecule has 0 spiro atoms. The van der Waals surface area contributed by atoms with Crippen LogP contribution in [0.1, 0.15) is 44.9 Å². The molecule has 3 heteroatoms. The Morgan fingerprint density at radius 3 is 2.63 bits per heavy atom. The van der Waals surface area contributed by atoms with Crippen molar-refractivity contribution in [2.75, 3.05) is 19.6 Å². The Bertz CT molecular complexity index is 353. The fourth-order valence-electron chi connectivity index (χ4n) is 3.14. The van der Waals surface area contributed by atoms with Gasteiger partial charge in [0.15, 0.2) is 0 Å². The lowest BCUT2D eigenvalue weighted by Crippen LogP contribution is -2.59. The van der Waals surface area contributed by atoms with Crippen LogP contribution in [0.25, 0.3) is 0 Å². The van der Waals surface area contributed by atoms with Crippen molar-refractivity contribution in [2.45, 2.75) is 58.0 Å². The Morgan fingerprint density at radius 1 is 1.32 bits per heavy atom. The zero-order valence-electron chi connectivity index (χ0n) is 12.6. The average molecular weight is 280 g/mol. The summed E-state index contributed by atoms with van der Waals surface area (Å²) in [6.07, 6.45) is 5.28. The Labute approximate surface area is 122 Å². The van der Waals surface area contributed by atoms with Crippen LogP contribution in [0.4, 0.5) is 0 Å². The van der Waals surface area contributed by atoms with E-state index in [1.54, 1.807) is 0 Å². The van der Waals surface area contributed by atoms with Crippen LogP contribution in [0, 0.1) is 0 Å². The largest absolute Gasteiger partial charge is 0.312 e. The molecule has 1 fully saturated rings. The minimum absolute atomic E-state index is 0.237. The van der Waals surface area contributed by atoms with Gasteiger partial charge in [0.05, 0.1) is 0 Å². The molecule has 0 saturated carbocycles. The van der Waals surface area contributed by atoms with Crippen LogP contribution in [0.5, 0.6) is 0 Å². The van der Waals surface area contributed by atoms with Crippen molar-refractivity contribution in [2.24, 2.45) is 0 Å². The van der Waals surface area contributed by atoms with Gasteiger partial charge in [-0.05, 0) is 64.2 Å². The molecular formula is C16H28N2S. The number of likely N-dealkylation sites (tertiary alicyclic amines) is 1. The third kappa shape index (κ3) is 3.80. The molecule has 1 aromatic rings. The second-order valence-electron chi connectivity index (χ2n) is 6.10. The van der Waals surface area contributed by atoms with Crippen molar-refractivity contribution < 1.29 is 0 Å². The van der Waals surface area contributed by atoms with E-state index < -0.39 is 0 Å². The monoisotopic (exact) mass is 280 g/mol. The number of piperidine rings is 1. The topological polar surface area (TPSA) is 15.3 Å². The van der Waals surface area contributed by atoms with Gasteiger partial charge in [0.2, 0.25) is 0 Å². The summed E-state index contributed by atoms with van der Waals surface area (Å²) in [5, 5.41) is 5.91. The number of hydrogen-bond acceptors (Lipinski definition) is 3. The maximum Gasteiger partial charge on any atom is 0.0309 e. The summed E-state index contributed by atoms with van der Waals surface area (Å²) < 4.78 is 0. The number of nitrogens with one attached hydrogen (secondary N) is 1. The standard InChI is InChI=1S/C16H28N2S/c1-4-17-15(13-14-9-8-12-19-14)16(2,3)18-10-6-5-7-11-18/h8-9,12,15,17H,4-7,10-11,13H2,1-3H3. The van der Waals surface area contributed by atoms with Crippen LogP contribution < -0.4 is 5.32 Å². The van der Waals surface area contributed by atoms with Gasteiger partial charge in [-0.1, -0.05) is 19.4 Å². The normalized spacial score (nSPS) is 19.5. The molecule has 108 valence electrons. The highest BCUT2D eigenvalue weighted by molar-refractivity contribution is 7.09. The summed E-state index contributed by atoms with van der Waals surface area (Å²) in [5.74, 6) is 0. The van der Waals surface area contributed by atoms with Crippen LogP contribution in [0.15, 0.2) is 17.5 Å². The highest BCUT2D eigenvalue weighted by Crippen LogP contribution is 2.26. The molecule has 1 aliphatic heterocycles. The number of likely N-dealkylation sites (N-methyl/N-ethyl adjacent to an activating group) is 1. The smallest absolute Gasteiger partial charge is 0.0309 e. The third-order valence-corrected chi connectivity index (χ3v) is 5.36. The second-order valence-corrected chi connectivity index (χ2v) is 7.13. The first-order valence-corrected chi connectivity index (χ1v) is 8.53. The summed E-state index contributed by atoms with van der Waals surface area (Å²) in [4.78, 5) is 4.19. The summed E-state index contributed by atoms with van der Waals surface area (Å²) >= 11 is 1.88. The van der Waals surface area contributed by atoms with E-state index in [1.165, 1.54) is 37.2 Å². The Hall–Kier alpha value is -0.380.